The lowest BCUT2D eigenvalue weighted by Gasteiger charge is -2.17. The van der Waals surface area contributed by atoms with E-state index in [1.165, 1.54) is 7.11 Å². The molecular formula is C15H22N2O5. The van der Waals surface area contributed by atoms with E-state index in [-0.39, 0.29) is 32.0 Å². The summed E-state index contributed by atoms with van der Waals surface area (Å²) in [5.41, 5.74) is 0.798. The number of ether oxygens (including phenoxy) is 2. The largest absolute Gasteiger partial charge is 0.481 e. The number of methoxy groups -OCH3 is 1. The summed E-state index contributed by atoms with van der Waals surface area (Å²) in [6.07, 6.45) is 2.36. The lowest BCUT2D eigenvalue weighted by molar-refractivity contribution is -0.147. The molecule has 1 aromatic rings. The second kappa shape index (κ2) is 9.73. The van der Waals surface area contributed by atoms with E-state index in [1.54, 1.807) is 25.3 Å². The van der Waals surface area contributed by atoms with Gasteiger partial charge in [0.2, 0.25) is 11.8 Å². The molecule has 7 heteroatoms. The monoisotopic (exact) mass is 310 g/mol. The third-order valence-electron chi connectivity index (χ3n) is 2.92. The van der Waals surface area contributed by atoms with Gasteiger partial charge in [-0.15, -0.1) is 0 Å². The minimum absolute atomic E-state index is 0.0704. The Hall–Kier alpha value is -2.15. The number of hydrogen-bond acceptors (Lipinski definition) is 6. The number of hydrogen-bond donors (Lipinski definition) is 2. The smallest absolute Gasteiger partial charge is 0.328 e. The van der Waals surface area contributed by atoms with Gasteiger partial charge in [0.05, 0.1) is 13.7 Å². The first-order valence-corrected chi connectivity index (χ1v) is 7.16. The molecule has 0 saturated heterocycles. The summed E-state index contributed by atoms with van der Waals surface area (Å²) >= 11 is 0. The van der Waals surface area contributed by atoms with Crippen molar-refractivity contribution in [3.63, 3.8) is 0 Å². The van der Waals surface area contributed by atoms with Gasteiger partial charge in [-0.1, -0.05) is 0 Å². The van der Waals surface area contributed by atoms with Gasteiger partial charge in [-0.05, 0) is 25.0 Å². The normalized spacial score (nSPS) is 11.6. The number of aromatic nitrogens is 1. The van der Waals surface area contributed by atoms with E-state index in [9.17, 15) is 9.59 Å². The first-order chi connectivity index (χ1) is 10.6. The topological polar surface area (TPSA) is 97.8 Å². The van der Waals surface area contributed by atoms with Crippen molar-refractivity contribution >= 4 is 11.9 Å². The van der Waals surface area contributed by atoms with Crippen molar-refractivity contribution in [2.75, 3.05) is 20.3 Å². The number of esters is 1. The molecule has 0 fully saturated rings. The Bertz CT molecular complexity index is 493. The van der Waals surface area contributed by atoms with Crippen molar-refractivity contribution in [2.45, 2.75) is 32.2 Å². The van der Waals surface area contributed by atoms with Gasteiger partial charge in [-0.25, -0.2) is 9.78 Å². The van der Waals surface area contributed by atoms with E-state index >= 15 is 0 Å². The van der Waals surface area contributed by atoms with Crippen LogP contribution in [0.3, 0.4) is 0 Å². The standard InChI is InChI=1S/C15H22N2O5/c1-3-22-15(20)12(17-13(19)5-4-8-18)9-11-6-7-16-14(10-11)21-2/h6-7,10,12,18H,3-5,8-9H2,1-2H3,(H,17,19). The highest BCUT2D eigenvalue weighted by Crippen LogP contribution is 2.11. The quantitative estimate of drug-likeness (QED) is 0.643. The summed E-state index contributed by atoms with van der Waals surface area (Å²) in [5, 5.41) is 11.4. The van der Waals surface area contributed by atoms with Crippen molar-refractivity contribution in [3.05, 3.63) is 23.9 Å². The molecule has 1 amide bonds. The zero-order valence-corrected chi connectivity index (χ0v) is 12.9. The molecule has 122 valence electrons. The van der Waals surface area contributed by atoms with Crippen LogP contribution in [0.5, 0.6) is 5.88 Å². The maximum absolute atomic E-state index is 12.0. The second-order valence-corrected chi connectivity index (χ2v) is 4.61. The maximum atomic E-state index is 12.0. The molecule has 1 atom stereocenters. The van der Waals surface area contributed by atoms with Gasteiger partial charge in [0.1, 0.15) is 6.04 Å². The lowest BCUT2D eigenvalue weighted by atomic mass is 10.1. The van der Waals surface area contributed by atoms with Crippen molar-refractivity contribution in [1.82, 2.24) is 10.3 Å². The first kappa shape index (κ1) is 17.9. The minimum atomic E-state index is -0.779. The van der Waals surface area contributed by atoms with Gasteiger partial charge in [0, 0.05) is 31.7 Å². The fourth-order valence-corrected chi connectivity index (χ4v) is 1.87. The summed E-state index contributed by atoms with van der Waals surface area (Å²) in [6, 6.07) is 2.67. The predicted octanol–water partition coefficient (Wildman–Crippen LogP) is 0.453. The van der Waals surface area contributed by atoms with Gasteiger partial charge >= 0.3 is 5.97 Å². The molecule has 0 saturated carbocycles. The van der Waals surface area contributed by atoms with E-state index in [0.29, 0.717) is 12.3 Å². The highest BCUT2D eigenvalue weighted by atomic mass is 16.5. The zero-order chi connectivity index (χ0) is 16.4. The SMILES string of the molecule is CCOC(=O)C(Cc1ccnc(OC)c1)NC(=O)CCCO. The zero-order valence-electron chi connectivity index (χ0n) is 12.9. The Kier molecular flexibility index (Phi) is 7.91. The molecule has 1 unspecified atom stereocenters. The van der Waals surface area contributed by atoms with Crippen LogP contribution >= 0.6 is 0 Å². The summed E-state index contributed by atoms with van der Waals surface area (Å²) in [5.74, 6) is -0.351. The summed E-state index contributed by atoms with van der Waals surface area (Å²) in [7, 11) is 1.51. The molecule has 0 aromatic carbocycles. The molecule has 1 aromatic heterocycles. The highest BCUT2D eigenvalue weighted by molar-refractivity contribution is 5.84. The van der Waals surface area contributed by atoms with Crippen LogP contribution in [0.15, 0.2) is 18.3 Å². The molecule has 0 radical (unpaired) electrons. The van der Waals surface area contributed by atoms with Crippen molar-refractivity contribution in [1.29, 1.82) is 0 Å². The molecule has 22 heavy (non-hydrogen) atoms. The number of nitrogens with zero attached hydrogens (tertiary/aromatic N) is 1. The van der Waals surface area contributed by atoms with Gasteiger partial charge < -0.3 is 19.9 Å². The number of pyridine rings is 1. The van der Waals surface area contributed by atoms with Crippen LogP contribution in [0.25, 0.3) is 0 Å². The Labute approximate surface area is 129 Å². The number of carbonyl (C=O) groups is 2. The minimum Gasteiger partial charge on any atom is -0.481 e. The lowest BCUT2D eigenvalue weighted by Crippen LogP contribution is -2.43. The third kappa shape index (κ3) is 6.09. The number of nitrogens with one attached hydrogen (secondary N) is 1. The van der Waals surface area contributed by atoms with E-state index in [0.717, 1.165) is 5.56 Å². The van der Waals surface area contributed by atoms with E-state index in [1.807, 2.05) is 0 Å². The molecule has 0 aliphatic heterocycles. The molecule has 0 aliphatic rings. The van der Waals surface area contributed by atoms with Crippen molar-refractivity contribution in [3.8, 4) is 5.88 Å². The molecule has 0 aliphatic carbocycles. The van der Waals surface area contributed by atoms with Gasteiger partial charge in [0.15, 0.2) is 0 Å². The van der Waals surface area contributed by atoms with E-state index < -0.39 is 12.0 Å². The Morgan fingerprint density at radius 2 is 2.23 bits per heavy atom. The van der Waals surface area contributed by atoms with Crippen molar-refractivity contribution < 1.29 is 24.2 Å². The fraction of sp³-hybridized carbons (Fsp3) is 0.533. The molecule has 0 bridgehead atoms. The molecule has 7 nitrogen and oxygen atoms in total. The number of carbonyl (C=O) groups excluding carboxylic acids is 2. The van der Waals surface area contributed by atoms with E-state index in [2.05, 4.69) is 10.3 Å². The van der Waals surface area contributed by atoms with Crippen LogP contribution in [0, 0.1) is 0 Å². The van der Waals surface area contributed by atoms with Gasteiger partial charge in [0.25, 0.3) is 0 Å². The van der Waals surface area contributed by atoms with Crippen LogP contribution in [-0.4, -0.2) is 48.3 Å². The summed E-state index contributed by atoms with van der Waals surface area (Å²) < 4.78 is 10.0. The Balaban J connectivity index is 2.76. The van der Waals surface area contributed by atoms with Gasteiger partial charge in [-0.3, -0.25) is 4.79 Å². The van der Waals surface area contributed by atoms with Crippen LogP contribution in [-0.2, 0) is 20.7 Å². The molecule has 2 N–H and O–H groups in total. The average molecular weight is 310 g/mol. The first-order valence-electron chi connectivity index (χ1n) is 7.16. The Morgan fingerprint density at radius 1 is 1.45 bits per heavy atom. The number of aliphatic hydroxyl groups is 1. The second-order valence-electron chi connectivity index (χ2n) is 4.61. The number of rotatable bonds is 9. The Morgan fingerprint density at radius 3 is 2.86 bits per heavy atom. The fourth-order valence-electron chi connectivity index (χ4n) is 1.87. The predicted molar refractivity (Wildman–Crippen MR) is 79.4 cm³/mol. The molecule has 0 spiro atoms. The van der Waals surface area contributed by atoms with E-state index in [4.69, 9.17) is 14.6 Å². The van der Waals surface area contributed by atoms with Crippen molar-refractivity contribution in [2.24, 2.45) is 0 Å². The van der Waals surface area contributed by atoms with Gasteiger partial charge in [-0.2, -0.15) is 0 Å². The van der Waals surface area contributed by atoms with Crippen LogP contribution in [0.1, 0.15) is 25.3 Å². The molecule has 1 rings (SSSR count). The molecule has 1 heterocycles. The average Bonchev–Trinajstić information content (AvgIpc) is 2.52. The summed E-state index contributed by atoms with van der Waals surface area (Å²) in [4.78, 5) is 27.7. The number of aliphatic hydroxyl groups excluding tert-OH is 1. The summed E-state index contributed by atoms with van der Waals surface area (Å²) in [6.45, 7) is 1.87. The maximum Gasteiger partial charge on any atom is 0.328 e. The molecular weight excluding hydrogens is 288 g/mol. The highest BCUT2D eigenvalue weighted by Gasteiger charge is 2.22. The number of amides is 1. The van der Waals surface area contributed by atoms with Crippen LogP contribution in [0.4, 0.5) is 0 Å². The van der Waals surface area contributed by atoms with Crippen LogP contribution < -0.4 is 10.1 Å². The van der Waals surface area contributed by atoms with Crippen LogP contribution in [0.2, 0.25) is 0 Å². The third-order valence-corrected chi connectivity index (χ3v) is 2.92.